The zero-order valence-corrected chi connectivity index (χ0v) is 15.8. The molecule has 2 aromatic heterocycles. The number of hydrogen-bond donors (Lipinski definition) is 2. The molecule has 3 rings (SSSR count). The zero-order chi connectivity index (χ0) is 20.1. The second-order valence-corrected chi connectivity index (χ2v) is 6.81. The topological polar surface area (TPSA) is 106 Å². The summed E-state index contributed by atoms with van der Waals surface area (Å²) in [6.07, 6.45) is 1.52. The molecule has 2 N–H and O–H groups in total. The Labute approximate surface area is 161 Å². The van der Waals surface area contributed by atoms with Gasteiger partial charge in [0.05, 0.1) is 24.7 Å². The van der Waals surface area contributed by atoms with Crippen LogP contribution in [0.25, 0.3) is 10.8 Å². The van der Waals surface area contributed by atoms with Crippen molar-refractivity contribution in [3.05, 3.63) is 64.5 Å². The largest absolute Gasteiger partial charge is 0.467 e. The number of hydrogen-bond acceptors (Lipinski definition) is 5. The van der Waals surface area contributed by atoms with Crippen LogP contribution in [0.1, 0.15) is 30.1 Å². The molecule has 2 heterocycles. The minimum atomic E-state index is -0.512. The quantitative estimate of drug-likeness (QED) is 0.647. The van der Waals surface area contributed by atoms with E-state index in [1.807, 2.05) is 13.8 Å². The second-order valence-electron chi connectivity index (χ2n) is 6.81. The van der Waals surface area contributed by atoms with Crippen molar-refractivity contribution in [1.29, 1.82) is 0 Å². The summed E-state index contributed by atoms with van der Waals surface area (Å²) in [6, 6.07) is 10.3. The maximum absolute atomic E-state index is 12.7. The van der Waals surface area contributed by atoms with Crippen molar-refractivity contribution in [3.8, 4) is 0 Å². The highest BCUT2D eigenvalue weighted by Crippen LogP contribution is 2.13. The van der Waals surface area contributed by atoms with Gasteiger partial charge in [-0.3, -0.25) is 14.4 Å². The van der Waals surface area contributed by atoms with Crippen LogP contribution in [0.2, 0.25) is 0 Å². The van der Waals surface area contributed by atoms with E-state index >= 15 is 0 Å². The number of nitrogens with one attached hydrogen (secondary N) is 2. The number of benzene rings is 1. The Kier molecular flexibility index (Phi) is 5.88. The summed E-state index contributed by atoms with van der Waals surface area (Å²) in [5, 5.41) is 10.3. The molecule has 3 aromatic rings. The molecule has 0 saturated heterocycles. The number of carbonyl (C=O) groups is 2. The number of fused-ring (bicyclic) bond motifs is 1. The number of nitrogens with zero attached hydrogens (tertiary/aromatic N) is 2. The molecule has 0 radical (unpaired) electrons. The number of amides is 2. The fourth-order valence-corrected chi connectivity index (χ4v) is 2.78. The Balaban J connectivity index is 1.76. The molecule has 8 heteroatoms. The van der Waals surface area contributed by atoms with E-state index in [1.165, 1.54) is 10.9 Å². The van der Waals surface area contributed by atoms with Crippen molar-refractivity contribution in [2.24, 2.45) is 5.92 Å². The lowest BCUT2D eigenvalue weighted by Gasteiger charge is -2.12. The van der Waals surface area contributed by atoms with Gasteiger partial charge in [-0.1, -0.05) is 32.0 Å². The predicted molar refractivity (Wildman–Crippen MR) is 104 cm³/mol. The fourth-order valence-electron chi connectivity index (χ4n) is 2.78. The molecule has 0 saturated carbocycles. The van der Waals surface area contributed by atoms with Gasteiger partial charge in [0.1, 0.15) is 5.76 Å². The van der Waals surface area contributed by atoms with Crippen LogP contribution in [0, 0.1) is 5.92 Å². The van der Waals surface area contributed by atoms with Crippen LogP contribution in [0.3, 0.4) is 0 Å². The van der Waals surface area contributed by atoms with Gasteiger partial charge in [-0.05, 0) is 24.1 Å². The molecular weight excluding hydrogens is 360 g/mol. The Morgan fingerprint density at radius 2 is 1.86 bits per heavy atom. The fraction of sp³-hybridized carbons (Fsp3) is 0.300. The Morgan fingerprint density at radius 3 is 2.54 bits per heavy atom. The van der Waals surface area contributed by atoms with Crippen LogP contribution in [0.5, 0.6) is 0 Å². The third kappa shape index (κ3) is 4.46. The normalized spacial score (nSPS) is 11.0. The van der Waals surface area contributed by atoms with E-state index in [2.05, 4.69) is 15.7 Å². The molecule has 0 aliphatic heterocycles. The lowest BCUT2D eigenvalue weighted by molar-refractivity contribution is -0.120. The van der Waals surface area contributed by atoms with Crippen molar-refractivity contribution in [2.45, 2.75) is 26.9 Å². The van der Waals surface area contributed by atoms with Gasteiger partial charge in [0.2, 0.25) is 5.91 Å². The van der Waals surface area contributed by atoms with Gasteiger partial charge in [-0.15, -0.1) is 0 Å². The van der Waals surface area contributed by atoms with Crippen molar-refractivity contribution in [1.82, 2.24) is 20.4 Å². The highest BCUT2D eigenvalue weighted by molar-refractivity contribution is 6.05. The van der Waals surface area contributed by atoms with Gasteiger partial charge < -0.3 is 15.1 Å². The Bertz CT molecular complexity index is 1040. The summed E-state index contributed by atoms with van der Waals surface area (Å²) < 4.78 is 6.44. The number of aromatic nitrogens is 2. The van der Waals surface area contributed by atoms with E-state index < -0.39 is 5.91 Å². The first-order valence-electron chi connectivity index (χ1n) is 9.03. The Morgan fingerprint density at radius 1 is 1.11 bits per heavy atom. The summed E-state index contributed by atoms with van der Waals surface area (Å²) in [5.41, 5.74) is -0.119. The van der Waals surface area contributed by atoms with Crippen LogP contribution in [0.15, 0.2) is 51.9 Å². The monoisotopic (exact) mass is 382 g/mol. The zero-order valence-electron chi connectivity index (χ0n) is 15.8. The van der Waals surface area contributed by atoms with Gasteiger partial charge >= 0.3 is 0 Å². The number of rotatable bonds is 7. The molecule has 28 heavy (non-hydrogen) atoms. The van der Waals surface area contributed by atoms with Gasteiger partial charge in [0.25, 0.3) is 11.5 Å². The molecule has 0 fully saturated rings. The van der Waals surface area contributed by atoms with Gasteiger partial charge in [0, 0.05) is 11.9 Å². The van der Waals surface area contributed by atoms with E-state index in [4.69, 9.17) is 4.42 Å². The summed E-state index contributed by atoms with van der Waals surface area (Å²) in [6.45, 7) is 4.35. The maximum atomic E-state index is 12.7. The summed E-state index contributed by atoms with van der Waals surface area (Å²) in [7, 11) is 0. The van der Waals surface area contributed by atoms with Crippen LogP contribution in [0.4, 0.5) is 0 Å². The summed E-state index contributed by atoms with van der Waals surface area (Å²) in [5.74, 6) is -0.0610. The van der Waals surface area contributed by atoms with E-state index in [0.29, 0.717) is 23.1 Å². The smallest absolute Gasteiger partial charge is 0.274 e. The van der Waals surface area contributed by atoms with Crippen LogP contribution in [-0.4, -0.2) is 28.1 Å². The molecule has 2 amide bonds. The summed E-state index contributed by atoms with van der Waals surface area (Å²) >= 11 is 0. The molecular formula is C20H22N4O4. The molecule has 146 valence electrons. The Hall–Kier alpha value is -3.42. The molecule has 0 bridgehead atoms. The molecule has 0 atom stereocenters. The third-order valence-electron chi connectivity index (χ3n) is 4.07. The van der Waals surface area contributed by atoms with E-state index in [1.54, 1.807) is 36.4 Å². The van der Waals surface area contributed by atoms with Crippen LogP contribution < -0.4 is 16.2 Å². The van der Waals surface area contributed by atoms with Gasteiger partial charge in [-0.2, -0.15) is 5.10 Å². The SMILES string of the molecule is CC(C)Cn1nc(C(=O)NCC(=O)NCc2ccco2)c2ccccc2c1=O. The van der Waals surface area contributed by atoms with Crippen molar-refractivity contribution in [2.75, 3.05) is 6.54 Å². The minimum absolute atomic E-state index is 0.120. The first-order chi connectivity index (χ1) is 13.5. The van der Waals surface area contributed by atoms with Gasteiger partial charge in [-0.25, -0.2) is 4.68 Å². The van der Waals surface area contributed by atoms with E-state index in [-0.39, 0.29) is 36.2 Å². The number of carbonyl (C=O) groups excluding carboxylic acids is 2. The molecule has 0 unspecified atom stereocenters. The molecule has 0 aliphatic carbocycles. The van der Waals surface area contributed by atoms with Crippen molar-refractivity contribution >= 4 is 22.6 Å². The number of furan rings is 1. The average Bonchev–Trinajstić information content (AvgIpc) is 3.20. The summed E-state index contributed by atoms with van der Waals surface area (Å²) in [4.78, 5) is 37.2. The first-order valence-corrected chi connectivity index (χ1v) is 9.03. The van der Waals surface area contributed by atoms with Crippen molar-refractivity contribution in [3.63, 3.8) is 0 Å². The highest BCUT2D eigenvalue weighted by atomic mass is 16.3. The predicted octanol–water partition coefficient (Wildman–Crippen LogP) is 1.69. The van der Waals surface area contributed by atoms with Crippen LogP contribution in [-0.2, 0) is 17.9 Å². The molecule has 0 spiro atoms. The first kappa shape index (κ1) is 19.3. The standard InChI is InChI=1S/C20H22N4O4/c1-13(2)12-24-20(27)16-8-4-3-7-15(16)18(23-24)19(26)22-11-17(25)21-10-14-6-5-9-28-14/h3-9,13H,10-12H2,1-2H3,(H,21,25)(H,22,26). The maximum Gasteiger partial charge on any atom is 0.274 e. The molecule has 0 aliphatic rings. The van der Waals surface area contributed by atoms with E-state index in [9.17, 15) is 14.4 Å². The molecule has 1 aromatic carbocycles. The lowest BCUT2D eigenvalue weighted by atomic mass is 10.1. The average molecular weight is 382 g/mol. The third-order valence-corrected chi connectivity index (χ3v) is 4.07. The minimum Gasteiger partial charge on any atom is -0.467 e. The second kappa shape index (κ2) is 8.51. The highest BCUT2D eigenvalue weighted by Gasteiger charge is 2.17. The molecule has 8 nitrogen and oxygen atoms in total. The lowest BCUT2D eigenvalue weighted by Crippen LogP contribution is -2.38. The van der Waals surface area contributed by atoms with Gasteiger partial charge in [0.15, 0.2) is 5.69 Å². The van der Waals surface area contributed by atoms with Crippen molar-refractivity contribution < 1.29 is 14.0 Å². The van der Waals surface area contributed by atoms with Crippen LogP contribution >= 0.6 is 0 Å². The van der Waals surface area contributed by atoms with E-state index in [0.717, 1.165) is 0 Å².